The lowest BCUT2D eigenvalue weighted by atomic mass is 9.80. The number of allylic oxidation sites excluding steroid dienone is 8. The number of nitrogens with two attached hydrogens (primary N) is 3. The minimum atomic E-state index is 0.391. The van der Waals surface area contributed by atoms with Gasteiger partial charge in [-0.1, -0.05) is 112 Å². The molecule has 1 atom stereocenters. The van der Waals surface area contributed by atoms with Crippen LogP contribution in [0.25, 0.3) is 39.9 Å². The van der Waals surface area contributed by atoms with E-state index in [1.54, 1.807) is 6.20 Å². The highest BCUT2D eigenvalue weighted by Crippen LogP contribution is 2.45. The summed E-state index contributed by atoms with van der Waals surface area (Å²) in [7, 11) is 0. The van der Waals surface area contributed by atoms with E-state index in [0.717, 1.165) is 48.3 Å². The molecule has 2 fully saturated rings. The first-order valence-electron chi connectivity index (χ1n) is 22.4. The first kappa shape index (κ1) is 40.4. The first-order chi connectivity index (χ1) is 28.9. The van der Waals surface area contributed by atoms with Crippen LogP contribution in [-0.2, 0) is 19.3 Å². The van der Waals surface area contributed by atoms with Crippen molar-refractivity contribution in [3.8, 4) is 28.2 Å². The average Bonchev–Trinajstić information content (AvgIpc) is 3.63. The molecule has 0 aliphatic heterocycles. The van der Waals surface area contributed by atoms with Crippen LogP contribution in [0.1, 0.15) is 106 Å². The molecule has 0 amide bonds. The zero-order chi connectivity index (χ0) is 40.7. The summed E-state index contributed by atoms with van der Waals surface area (Å²) in [4.78, 5) is 5.27. The Morgan fingerprint density at radius 3 is 2.41 bits per heavy atom. The molecule has 8 rings (SSSR count). The molecule has 2 saturated carbocycles. The average molecular weight is 782 g/mol. The van der Waals surface area contributed by atoms with E-state index in [0.29, 0.717) is 24.3 Å². The van der Waals surface area contributed by atoms with Crippen LogP contribution in [-0.4, -0.2) is 16.1 Å². The number of nitrogens with zero attached hydrogens (tertiary/aromatic N) is 2. The largest absolute Gasteiger partial charge is 0.405 e. The molecule has 1 unspecified atom stereocenters. The number of fused-ring (bicyclic) bond motifs is 5. The molecule has 2 aromatic heterocycles. The number of hydrogen-bond acceptors (Lipinski definition) is 4. The number of pyridine rings is 1. The van der Waals surface area contributed by atoms with Crippen LogP contribution >= 0.6 is 0 Å². The summed E-state index contributed by atoms with van der Waals surface area (Å²) in [5.41, 5.74) is 36.9. The van der Waals surface area contributed by atoms with Gasteiger partial charge < -0.3 is 21.8 Å². The molecule has 0 saturated heterocycles. The third kappa shape index (κ3) is 8.68. The summed E-state index contributed by atoms with van der Waals surface area (Å²) >= 11 is 0. The van der Waals surface area contributed by atoms with Crippen molar-refractivity contribution in [2.24, 2.45) is 35.0 Å². The van der Waals surface area contributed by atoms with Crippen molar-refractivity contribution in [2.45, 2.75) is 96.8 Å². The molecule has 6 N–H and O–H groups in total. The Morgan fingerprint density at radius 2 is 1.66 bits per heavy atom. The van der Waals surface area contributed by atoms with Crippen LogP contribution in [0.3, 0.4) is 0 Å². The lowest BCUT2D eigenvalue weighted by molar-refractivity contribution is 0.405. The van der Waals surface area contributed by atoms with Gasteiger partial charge in [-0.25, -0.2) is 4.98 Å². The standard InChI is InChI=1S/C54H63N5/c1-37(45(31-33-55)40-16-6-3-7-17-40)50(57)22-13-12-15-39-25-28-48-49-30-26-42-36-43(27-29-47(42)54(49)59(53(48)35-39)44-20-10-5-11-21-44)52-24-14-23-51(58-52)38(2)46(32-34-56)41-18-8-4-9-19-41/h5,10-14,20-25,27-29,31-32,34,36,39-41H,1,3-4,6-9,15-19,26,30,33,35,55-57H2,2H3/b13-12-,34-32-,45-31+,46-38-,50-22-. The maximum atomic E-state index is 6.62. The van der Waals surface area contributed by atoms with E-state index in [4.69, 9.17) is 22.2 Å². The monoisotopic (exact) mass is 782 g/mol. The van der Waals surface area contributed by atoms with Crippen LogP contribution in [0.5, 0.6) is 0 Å². The highest BCUT2D eigenvalue weighted by molar-refractivity contribution is 5.82. The molecule has 0 radical (unpaired) electrons. The first-order valence-corrected chi connectivity index (χ1v) is 22.4. The topological polar surface area (TPSA) is 95.9 Å². The Hall–Kier alpha value is -5.39. The third-order valence-electron chi connectivity index (χ3n) is 13.5. The molecule has 5 heteroatoms. The van der Waals surface area contributed by atoms with Crippen LogP contribution < -0.4 is 17.2 Å². The predicted octanol–water partition coefficient (Wildman–Crippen LogP) is 12.1. The summed E-state index contributed by atoms with van der Waals surface area (Å²) in [6.07, 6.45) is 33.8. The molecular weight excluding hydrogens is 719 g/mol. The lowest BCUT2D eigenvalue weighted by Crippen LogP contribution is -2.15. The van der Waals surface area contributed by atoms with Crippen molar-refractivity contribution in [1.82, 2.24) is 9.55 Å². The number of hydrogen-bond donors (Lipinski definition) is 3. The number of aryl methyl sites for hydroxylation is 1. The molecular formula is C54H63N5. The maximum absolute atomic E-state index is 6.62. The van der Waals surface area contributed by atoms with Gasteiger partial charge in [0.25, 0.3) is 0 Å². The maximum Gasteiger partial charge on any atom is 0.0709 e. The van der Waals surface area contributed by atoms with Crippen LogP contribution in [0.15, 0.2) is 138 Å². The smallest absolute Gasteiger partial charge is 0.0709 e. The molecule has 304 valence electrons. The van der Waals surface area contributed by atoms with Crippen molar-refractivity contribution in [3.05, 3.63) is 166 Å². The Bertz CT molecular complexity index is 2330. The van der Waals surface area contributed by atoms with Crippen molar-refractivity contribution in [2.75, 3.05) is 6.54 Å². The minimum Gasteiger partial charge on any atom is -0.405 e. The number of para-hydroxylation sites is 1. The number of benzene rings is 2. The fraction of sp³-hybridized carbons (Fsp3) is 0.352. The van der Waals surface area contributed by atoms with E-state index in [9.17, 15) is 0 Å². The summed E-state index contributed by atoms with van der Waals surface area (Å²) in [6.45, 7) is 7.15. The summed E-state index contributed by atoms with van der Waals surface area (Å²) in [5.74, 6) is 1.46. The van der Waals surface area contributed by atoms with Gasteiger partial charge in [-0.05, 0) is 164 Å². The second-order valence-electron chi connectivity index (χ2n) is 17.2. The fourth-order valence-corrected chi connectivity index (χ4v) is 10.5. The van der Waals surface area contributed by atoms with Crippen LogP contribution in [0.2, 0.25) is 0 Å². The number of aromatic nitrogens is 2. The molecule has 0 bridgehead atoms. The summed E-state index contributed by atoms with van der Waals surface area (Å²) < 4.78 is 2.56. The van der Waals surface area contributed by atoms with Gasteiger partial charge in [-0.15, -0.1) is 0 Å². The van der Waals surface area contributed by atoms with Crippen LogP contribution in [0.4, 0.5) is 0 Å². The van der Waals surface area contributed by atoms with Crippen molar-refractivity contribution in [3.63, 3.8) is 0 Å². The van der Waals surface area contributed by atoms with Gasteiger partial charge in [0.05, 0.1) is 17.1 Å². The van der Waals surface area contributed by atoms with E-state index in [-0.39, 0.29) is 0 Å². The van der Waals surface area contributed by atoms with Gasteiger partial charge in [0.2, 0.25) is 0 Å². The summed E-state index contributed by atoms with van der Waals surface area (Å²) in [6, 6.07) is 24.4. The molecule has 2 aromatic carbocycles. The van der Waals surface area contributed by atoms with Crippen molar-refractivity contribution in [1.29, 1.82) is 0 Å². The van der Waals surface area contributed by atoms with Gasteiger partial charge in [0.15, 0.2) is 0 Å². The SMILES string of the molecule is C=C(/C(N)=C/C=C\CC1C=Cc2c3c(n(-c4ccccc4)c2C1)-c1ccc(-c2cccc(/C(C)=C(/C=C\N)C4CCCCC4)n2)cc1CC3)/C(=C\CN)C1CCCCC1. The Kier molecular flexibility index (Phi) is 12.8. The highest BCUT2D eigenvalue weighted by atomic mass is 15.0. The van der Waals surface area contributed by atoms with Gasteiger partial charge in [0, 0.05) is 34.8 Å². The number of rotatable bonds is 12. The zero-order valence-electron chi connectivity index (χ0n) is 35.1. The van der Waals surface area contributed by atoms with E-state index < -0.39 is 0 Å². The van der Waals surface area contributed by atoms with Crippen molar-refractivity contribution >= 4 is 11.6 Å². The van der Waals surface area contributed by atoms with Gasteiger partial charge in [-0.3, -0.25) is 0 Å². The molecule has 59 heavy (non-hydrogen) atoms. The summed E-state index contributed by atoms with van der Waals surface area (Å²) in [5, 5.41) is 0. The van der Waals surface area contributed by atoms with E-state index >= 15 is 0 Å². The molecule has 4 aliphatic carbocycles. The Balaban J connectivity index is 1.05. The predicted molar refractivity (Wildman–Crippen MR) is 249 cm³/mol. The van der Waals surface area contributed by atoms with Gasteiger partial charge >= 0.3 is 0 Å². The van der Waals surface area contributed by atoms with Gasteiger partial charge in [0.1, 0.15) is 0 Å². The van der Waals surface area contributed by atoms with Gasteiger partial charge in [-0.2, -0.15) is 0 Å². The molecule has 5 nitrogen and oxygen atoms in total. The van der Waals surface area contributed by atoms with E-state index in [1.807, 2.05) is 6.08 Å². The molecule has 2 heterocycles. The molecule has 0 spiro atoms. The van der Waals surface area contributed by atoms with E-state index in [2.05, 4.69) is 121 Å². The van der Waals surface area contributed by atoms with Crippen molar-refractivity contribution < 1.29 is 0 Å². The second kappa shape index (κ2) is 18.7. The zero-order valence-corrected chi connectivity index (χ0v) is 35.1. The Morgan fingerprint density at radius 1 is 0.898 bits per heavy atom. The third-order valence-corrected chi connectivity index (χ3v) is 13.5. The highest BCUT2D eigenvalue weighted by Gasteiger charge is 2.31. The van der Waals surface area contributed by atoms with Crippen LogP contribution in [0, 0.1) is 17.8 Å². The minimum absolute atomic E-state index is 0.391. The lowest BCUT2D eigenvalue weighted by Gasteiger charge is -2.26. The second-order valence-corrected chi connectivity index (χ2v) is 17.2. The quantitative estimate of drug-likeness (QED) is 0.125. The molecule has 4 aromatic rings. The van der Waals surface area contributed by atoms with E-state index in [1.165, 1.54) is 126 Å². The normalized spacial score (nSPS) is 19.5. The fourth-order valence-electron chi connectivity index (χ4n) is 10.5. The Labute approximate surface area is 352 Å². The molecule has 4 aliphatic rings.